The molecule has 53 heavy (non-hydrogen) atoms. The summed E-state index contributed by atoms with van der Waals surface area (Å²) in [5, 5.41) is 34.5. The summed E-state index contributed by atoms with van der Waals surface area (Å²) in [6.45, 7) is 5.17. The Balaban J connectivity index is 1.19. The normalized spacial score (nSPS) is 31.8. The van der Waals surface area contributed by atoms with Gasteiger partial charge in [-0.2, -0.15) is 0 Å². The molecule has 2 aromatic heterocycles. The van der Waals surface area contributed by atoms with Crippen LogP contribution in [0, 0.1) is 6.92 Å². The van der Waals surface area contributed by atoms with E-state index in [0.29, 0.717) is 10.9 Å². The molecule has 4 aromatic carbocycles. The molecule has 0 saturated carbocycles. The van der Waals surface area contributed by atoms with Crippen molar-refractivity contribution in [3.8, 4) is 11.5 Å². The molecule has 0 bridgehead atoms. The van der Waals surface area contributed by atoms with Crippen molar-refractivity contribution < 1.29 is 57.3 Å². The first-order valence-corrected chi connectivity index (χ1v) is 17.3. The average Bonchev–Trinajstić information content (AvgIpc) is 3.60. The van der Waals surface area contributed by atoms with Crippen molar-refractivity contribution in [1.29, 1.82) is 0 Å². The summed E-state index contributed by atoms with van der Waals surface area (Å²) in [5.41, 5.74) is 0.0587. The number of hydrogen-bond acceptors (Lipinski definition) is 14. The Morgan fingerprint density at radius 1 is 0.679 bits per heavy atom. The van der Waals surface area contributed by atoms with Gasteiger partial charge in [-0.05, 0) is 38.5 Å². The molecule has 14 heteroatoms. The quantitative estimate of drug-likeness (QED) is 0.126. The third-order valence-electron chi connectivity index (χ3n) is 10.6. The van der Waals surface area contributed by atoms with Crippen molar-refractivity contribution in [1.82, 2.24) is 0 Å². The zero-order valence-corrected chi connectivity index (χ0v) is 29.0. The van der Waals surface area contributed by atoms with Crippen molar-refractivity contribution in [2.24, 2.45) is 0 Å². The molecule has 14 nitrogen and oxygen atoms in total. The van der Waals surface area contributed by atoms with Gasteiger partial charge in [0.25, 0.3) is 0 Å². The predicted molar refractivity (Wildman–Crippen MR) is 187 cm³/mol. The summed E-state index contributed by atoms with van der Waals surface area (Å²) in [5.74, 6) is -0.266. The number of rotatable bonds is 6. The predicted octanol–water partition coefficient (Wildman–Crippen LogP) is 4.13. The van der Waals surface area contributed by atoms with Gasteiger partial charge >= 0.3 is 11.3 Å². The smallest absolute Gasteiger partial charge is 0.348 e. The molecule has 3 aliphatic heterocycles. The van der Waals surface area contributed by atoms with E-state index in [4.69, 9.17) is 42.0 Å². The lowest BCUT2D eigenvalue weighted by molar-refractivity contribution is -0.346. The van der Waals surface area contributed by atoms with Crippen molar-refractivity contribution in [3.63, 3.8) is 0 Å². The summed E-state index contributed by atoms with van der Waals surface area (Å²) in [4.78, 5) is 26.9. The molecule has 0 radical (unpaired) electrons. The van der Waals surface area contributed by atoms with Gasteiger partial charge in [0.05, 0.1) is 23.0 Å². The summed E-state index contributed by atoms with van der Waals surface area (Å²) < 4.78 is 55.4. The minimum absolute atomic E-state index is 0.00461. The number of phenols is 1. The van der Waals surface area contributed by atoms with Crippen molar-refractivity contribution in [2.75, 3.05) is 7.11 Å². The molecule has 11 unspecified atom stereocenters. The largest absolute Gasteiger partial charge is 0.506 e. The molecule has 0 amide bonds. The lowest BCUT2D eigenvalue weighted by Gasteiger charge is -2.45. The Hall–Kier alpha value is -4.64. The Kier molecular flexibility index (Phi) is 8.21. The number of hydrogen-bond donors (Lipinski definition) is 3. The number of phenolic OH excluding ortho intramolecular Hbond substituents is 1. The van der Waals surface area contributed by atoms with E-state index in [1.54, 1.807) is 51.1 Å². The third kappa shape index (κ3) is 5.24. The van der Waals surface area contributed by atoms with Gasteiger partial charge < -0.3 is 57.3 Å². The summed E-state index contributed by atoms with van der Waals surface area (Å²) in [6, 6.07) is 17.4. The molecule has 276 valence electrons. The molecule has 6 aromatic rings. The number of methoxy groups -OCH3 is 1. The Bertz CT molecular complexity index is 2460. The van der Waals surface area contributed by atoms with Gasteiger partial charge in [0.1, 0.15) is 53.0 Å². The van der Waals surface area contributed by atoms with Crippen LogP contribution in [-0.2, 0) is 28.4 Å². The molecular formula is C39H36O14. The Morgan fingerprint density at radius 3 is 2.19 bits per heavy atom. The van der Waals surface area contributed by atoms with Crippen LogP contribution in [0.1, 0.15) is 31.3 Å². The zero-order valence-electron chi connectivity index (χ0n) is 29.0. The summed E-state index contributed by atoms with van der Waals surface area (Å²) >= 11 is 0. The van der Waals surface area contributed by atoms with Gasteiger partial charge in [0.15, 0.2) is 24.3 Å². The SMILES string of the molecule is COC1C(O)C(C)OC(OC2C(Oc3cccc4c(O)c5c(=O)oc6ccc(C)c7c(=O)oc(c34)c5c67)OC(C)C3OC(c4ccccc4)OC32)C1O. The minimum Gasteiger partial charge on any atom is -0.506 e. The van der Waals surface area contributed by atoms with Crippen molar-refractivity contribution in [3.05, 3.63) is 92.6 Å². The molecule has 11 atom stereocenters. The molecule has 3 fully saturated rings. The maximum absolute atomic E-state index is 13.6. The van der Waals surface area contributed by atoms with E-state index >= 15 is 0 Å². The summed E-state index contributed by atoms with van der Waals surface area (Å²) in [7, 11) is 1.37. The maximum Gasteiger partial charge on any atom is 0.348 e. The van der Waals surface area contributed by atoms with Gasteiger partial charge in [-0.1, -0.05) is 48.5 Å². The van der Waals surface area contributed by atoms with Crippen LogP contribution in [0.5, 0.6) is 11.5 Å². The van der Waals surface area contributed by atoms with Crippen LogP contribution in [-0.4, -0.2) is 83.8 Å². The van der Waals surface area contributed by atoms with Crippen LogP contribution in [0.3, 0.4) is 0 Å². The van der Waals surface area contributed by atoms with Crippen LogP contribution in [0.25, 0.3) is 43.5 Å². The van der Waals surface area contributed by atoms with E-state index in [9.17, 15) is 24.9 Å². The van der Waals surface area contributed by atoms with Crippen LogP contribution in [0.4, 0.5) is 0 Å². The van der Waals surface area contributed by atoms with Gasteiger partial charge in [-0.3, -0.25) is 0 Å². The second kappa shape index (κ2) is 12.7. The van der Waals surface area contributed by atoms with E-state index in [1.165, 1.54) is 7.11 Å². The van der Waals surface area contributed by atoms with Crippen LogP contribution < -0.4 is 16.0 Å². The Morgan fingerprint density at radius 2 is 1.42 bits per heavy atom. The van der Waals surface area contributed by atoms with Gasteiger partial charge in [-0.25, -0.2) is 9.59 Å². The maximum atomic E-state index is 13.6. The highest BCUT2D eigenvalue weighted by atomic mass is 16.8. The molecule has 3 N–H and O–H groups in total. The van der Waals surface area contributed by atoms with Gasteiger partial charge in [0.2, 0.25) is 6.29 Å². The lowest BCUT2D eigenvalue weighted by atomic mass is 9.95. The number of aliphatic hydroxyl groups is 2. The topological polar surface area (TPSA) is 186 Å². The second-order valence-electron chi connectivity index (χ2n) is 13.8. The fourth-order valence-electron chi connectivity index (χ4n) is 7.98. The number of aromatic hydroxyl groups is 1. The first-order chi connectivity index (χ1) is 25.5. The van der Waals surface area contributed by atoms with Crippen LogP contribution >= 0.6 is 0 Å². The van der Waals surface area contributed by atoms with E-state index in [0.717, 1.165) is 5.56 Å². The standard InChI is InChI=1S/C39H36O14/c1-15-13-14-21-24-22(15)35(43)50-31-23-19(28(41)26(25(24)31)36(44)48-21)11-8-12-20(23)49-39-34(53-38-29(42)32(45-4)27(40)16(2)46-38)33-30(17(3)47-39)51-37(52-33)18-9-6-5-7-10-18/h5-14,16-17,27,29-30,32-34,37-42H,1-4H3. The van der Waals surface area contributed by atoms with Crippen LogP contribution in [0.2, 0.25) is 0 Å². The highest BCUT2D eigenvalue weighted by Gasteiger charge is 2.56. The Labute approximate surface area is 300 Å². The fraction of sp³-hybridized carbons (Fsp3) is 0.385. The van der Waals surface area contributed by atoms with E-state index in [1.807, 2.05) is 30.3 Å². The van der Waals surface area contributed by atoms with Crippen molar-refractivity contribution in [2.45, 2.75) is 88.5 Å². The first-order valence-electron chi connectivity index (χ1n) is 17.3. The van der Waals surface area contributed by atoms with E-state index in [2.05, 4.69) is 0 Å². The number of ether oxygens (including phenoxy) is 7. The number of fused-ring (bicyclic) bond motifs is 3. The van der Waals surface area contributed by atoms with Crippen LogP contribution in [0.15, 0.2) is 79.1 Å². The van der Waals surface area contributed by atoms with E-state index in [-0.39, 0.29) is 49.6 Å². The average molecular weight is 729 g/mol. The fourth-order valence-corrected chi connectivity index (χ4v) is 7.98. The highest BCUT2D eigenvalue weighted by Crippen LogP contribution is 2.47. The van der Waals surface area contributed by atoms with E-state index < -0.39 is 79.0 Å². The molecule has 3 saturated heterocycles. The minimum atomic E-state index is -1.42. The number of aryl methyl sites for hydroxylation is 1. The molecular weight excluding hydrogens is 692 g/mol. The number of benzene rings is 4. The number of aliphatic hydroxyl groups excluding tert-OH is 2. The third-order valence-corrected chi connectivity index (χ3v) is 10.6. The molecule has 5 heterocycles. The molecule has 0 spiro atoms. The zero-order chi connectivity index (χ0) is 36.9. The summed E-state index contributed by atoms with van der Waals surface area (Å²) in [6.07, 6.45) is -10.9. The van der Waals surface area contributed by atoms with Gasteiger partial charge in [-0.15, -0.1) is 0 Å². The molecule has 0 aliphatic carbocycles. The first kappa shape index (κ1) is 34.1. The monoisotopic (exact) mass is 728 g/mol. The van der Waals surface area contributed by atoms with Crippen molar-refractivity contribution >= 4 is 43.5 Å². The van der Waals surface area contributed by atoms with Gasteiger partial charge in [0, 0.05) is 28.8 Å². The lowest BCUT2D eigenvalue weighted by Crippen LogP contribution is -2.63. The highest BCUT2D eigenvalue weighted by molar-refractivity contribution is 6.28. The molecule has 3 aliphatic rings. The molecule has 9 rings (SSSR count). The second-order valence-corrected chi connectivity index (χ2v) is 13.8.